The van der Waals surface area contributed by atoms with Crippen LogP contribution in [0.1, 0.15) is 18.2 Å². The maximum atomic E-state index is 11.0. The van der Waals surface area contributed by atoms with Crippen LogP contribution in [-0.4, -0.2) is 11.6 Å². The molecule has 0 aliphatic rings. The summed E-state index contributed by atoms with van der Waals surface area (Å²) in [5, 5.41) is 1.94. The van der Waals surface area contributed by atoms with E-state index in [-0.39, 0.29) is 18.0 Å². The zero-order valence-electron chi connectivity index (χ0n) is 7.32. The van der Waals surface area contributed by atoms with E-state index in [2.05, 4.69) is 0 Å². The molecule has 1 aromatic heterocycles. The minimum atomic E-state index is -0.138. The molecular weight excluding hydrogens is 184 g/mol. The monoisotopic (exact) mass is 194 g/mol. The van der Waals surface area contributed by atoms with Gasteiger partial charge >= 0.3 is 0 Å². The first-order valence-electron chi connectivity index (χ1n) is 3.92. The van der Waals surface area contributed by atoms with Crippen LogP contribution < -0.4 is 0 Å². The van der Waals surface area contributed by atoms with E-state index >= 15 is 0 Å². The van der Waals surface area contributed by atoms with E-state index in [9.17, 15) is 9.59 Å². The number of thiophene rings is 1. The molecule has 0 spiro atoms. The van der Waals surface area contributed by atoms with Gasteiger partial charge in [0.25, 0.3) is 0 Å². The molecule has 0 saturated carbocycles. The molecular formula is C10H10O2S. The molecule has 1 aromatic rings. The maximum Gasteiger partial charge on any atom is 0.163 e. The third kappa shape index (κ3) is 3.80. The Hall–Kier alpha value is -1.22. The second-order valence-corrected chi connectivity index (χ2v) is 3.67. The lowest BCUT2D eigenvalue weighted by molar-refractivity contribution is -0.123. The molecule has 0 N–H and O–H groups in total. The third-order valence-corrected chi connectivity index (χ3v) is 2.24. The van der Waals surface area contributed by atoms with Gasteiger partial charge in [-0.05, 0) is 30.5 Å². The van der Waals surface area contributed by atoms with Gasteiger partial charge in [0.05, 0.1) is 6.42 Å². The Morgan fingerprint density at radius 1 is 1.54 bits per heavy atom. The predicted octanol–water partition coefficient (Wildman–Crippen LogP) is 2.31. The van der Waals surface area contributed by atoms with Gasteiger partial charge in [-0.15, -0.1) is 11.3 Å². The molecule has 13 heavy (non-hydrogen) atoms. The summed E-state index contributed by atoms with van der Waals surface area (Å²) in [6, 6.07) is 3.84. The van der Waals surface area contributed by atoms with E-state index in [4.69, 9.17) is 0 Å². The van der Waals surface area contributed by atoms with Crippen LogP contribution >= 0.6 is 11.3 Å². The van der Waals surface area contributed by atoms with Crippen molar-refractivity contribution in [3.63, 3.8) is 0 Å². The van der Waals surface area contributed by atoms with Gasteiger partial charge < -0.3 is 0 Å². The van der Waals surface area contributed by atoms with Gasteiger partial charge in [-0.2, -0.15) is 0 Å². The van der Waals surface area contributed by atoms with Crippen LogP contribution in [0.25, 0.3) is 6.08 Å². The molecule has 0 saturated heterocycles. The highest BCUT2D eigenvalue weighted by Crippen LogP contribution is 2.10. The van der Waals surface area contributed by atoms with Crippen molar-refractivity contribution in [3.05, 3.63) is 28.5 Å². The van der Waals surface area contributed by atoms with Gasteiger partial charge in [0, 0.05) is 4.88 Å². The zero-order chi connectivity index (χ0) is 9.68. The van der Waals surface area contributed by atoms with Gasteiger partial charge in [-0.1, -0.05) is 6.07 Å². The maximum absolute atomic E-state index is 11.0. The van der Waals surface area contributed by atoms with Gasteiger partial charge in [-0.3, -0.25) is 9.59 Å². The zero-order valence-corrected chi connectivity index (χ0v) is 8.14. The molecule has 0 aliphatic carbocycles. The number of carbonyl (C=O) groups excluding carboxylic acids is 2. The number of Topliss-reactive ketones (excluding diaryl/α,β-unsaturated/α-hetero) is 1. The highest BCUT2D eigenvalue weighted by molar-refractivity contribution is 7.10. The van der Waals surface area contributed by atoms with Crippen LogP contribution in [0, 0.1) is 0 Å². The predicted molar refractivity (Wildman–Crippen MR) is 53.7 cm³/mol. The summed E-state index contributed by atoms with van der Waals surface area (Å²) in [6.45, 7) is 1.41. The van der Waals surface area contributed by atoms with Gasteiger partial charge in [0.2, 0.25) is 0 Å². The number of rotatable bonds is 4. The molecule has 3 heteroatoms. The van der Waals surface area contributed by atoms with Crippen molar-refractivity contribution >= 4 is 29.0 Å². The molecule has 1 heterocycles. The molecule has 0 aliphatic heterocycles. The van der Waals surface area contributed by atoms with Crippen molar-refractivity contribution in [2.24, 2.45) is 0 Å². The third-order valence-electron chi connectivity index (χ3n) is 1.40. The Morgan fingerprint density at radius 3 is 2.85 bits per heavy atom. The minimum Gasteiger partial charge on any atom is -0.300 e. The summed E-state index contributed by atoms with van der Waals surface area (Å²) >= 11 is 1.56. The molecule has 1 rings (SSSR count). The Labute approximate surface area is 80.9 Å². The number of allylic oxidation sites excluding steroid dienone is 1. The van der Waals surface area contributed by atoms with Gasteiger partial charge in [0.15, 0.2) is 5.78 Å². The Bertz CT molecular complexity index is 323. The van der Waals surface area contributed by atoms with Crippen molar-refractivity contribution in [1.29, 1.82) is 0 Å². The Morgan fingerprint density at radius 2 is 2.31 bits per heavy atom. The largest absolute Gasteiger partial charge is 0.300 e. The SMILES string of the molecule is CC(=O)CC(=O)/C=C/c1cccs1. The lowest BCUT2D eigenvalue weighted by Gasteiger charge is -1.87. The van der Waals surface area contributed by atoms with Crippen molar-refractivity contribution < 1.29 is 9.59 Å². The molecule has 68 valence electrons. The van der Waals surface area contributed by atoms with Gasteiger partial charge in [0.1, 0.15) is 5.78 Å². The first-order valence-corrected chi connectivity index (χ1v) is 4.80. The second kappa shape index (κ2) is 4.72. The van der Waals surface area contributed by atoms with Crippen LogP contribution in [0.15, 0.2) is 23.6 Å². The smallest absolute Gasteiger partial charge is 0.163 e. The molecule has 2 nitrogen and oxygen atoms in total. The summed E-state index contributed by atoms with van der Waals surface area (Å²) < 4.78 is 0. The topological polar surface area (TPSA) is 34.1 Å². The average Bonchev–Trinajstić information content (AvgIpc) is 2.51. The van der Waals surface area contributed by atoms with E-state index in [1.165, 1.54) is 13.0 Å². The highest BCUT2D eigenvalue weighted by atomic mass is 32.1. The van der Waals surface area contributed by atoms with E-state index < -0.39 is 0 Å². The van der Waals surface area contributed by atoms with E-state index in [1.807, 2.05) is 17.5 Å². The molecule has 0 bridgehead atoms. The summed E-state index contributed by atoms with van der Waals surface area (Å²) in [5.74, 6) is -0.235. The standard InChI is InChI=1S/C10H10O2S/c1-8(11)7-9(12)4-5-10-3-2-6-13-10/h2-6H,7H2,1H3/b5-4+. The first-order chi connectivity index (χ1) is 6.18. The normalized spacial score (nSPS) is 10.5. The fourth-order valence-electron chi connectivity index (χ4n) is 0.865. The lowest BCUT2D eigenvalue weighted by Crippen LogP contribution is -1.99. The van der Waals surface area contributed by atoms with Crippen LogP contribution in [0.4, 0.5) is 0 Å². The Balaban J connectivity index is 2.49. The van der Waals surface area contributed by atoms with Gasteiger partial charge in [-0.25, -0.2) is 0 Å². The fraction of sp³-hybridized carbons (Fsp3) is 0.200. The van der Waals surface area contributed by atoms with Crippen molar-refractivity contribution in [2.45, 2.75) is 13.3 Å². The van der Waals surface area contributed by atoms with Crippen LogP contribution in [0.5, 0.6) is 0 Å². The van der Waals surface area contributed by atoms with Crippen molar-refractivity contribution in [3.8, 4) is 0 Å². The van der Waals surface area contributed by atoms with E-state index in [0.29, 0.717) is 0 Å². The van der Waals surface area contributed by atoms with Crippen LogP contribution in [-0.2, 0) is 9.59 Å². The van der Waals surface area contributed by atoms with Crippen molar-refractivity contribution in [2.75, 3.05) is 0 Å². The number of hydrogen-bond donors (Lipinski definition) is 0. The molecule has 0 fully saturated rings. The van der Waals surface area contributed by atoms with E-state index in [1.54, 1.807) is 17.4 Å². The number of carbonyl (C=O) groups is 2. The number of ketones is 2. The summed E-state index contributed by atoms with van der Waals surface area (Å²) in [7, 11) is 0. The number of hydrogen-bond acceptors (Lipinski definition) is 3. The average molecular weight is 194 g/mol. The van der Waals surface area contributed by atoms with Crippen molar-refractivity contribution in [1.82, 2.24) is 0 Å². The highest BCUT2D eigenvalue weighted by Gasteiger charge is 2.00. The fourth-order valence-corrected chi connectivity index (χ4v) is 1.48. The van der Waals surface area contributed by atoms with Crippen LogP contribution in [0.3, 0.4) is 0 Å². The lowest BCUT2D eigenvalue weighted by atomic mass is 10.2. The van der Waals surface area contributed by atoms with E-state index in [0.717, 1.165) is 4.88 Å². The molecule has 0 amide bonds. The Kier molecular flexibility index (Phi) is 3.58. The molecule has 0 atom stereocenters. The quantitative estimate of drug-likeness (QED) is 0.544. The molecule has 0 aromatic carbocycles. The summed E-state index contributed by atoms with van der Waals surface area (Å²) in [4.78, 5) is 22.6. The summed E-state index contributed by atoms with van der Waals surface area (Å²) in [6.07, 6.45) is 3.19. The first kappa shape index (κ1) is 9.86. The molecule has 0 radical (unpaired) electrons. The van der Waals surface area contributed by atoms with Crippen LogP contribution in [0.2, 0.25) is 0 Å². The molecule has 0 unspecified atom stereocenters. The second-order valence-electron chi connectivity index (χ2n) is 2.69. The summed E-state index contributed by atoms with van der Waals surface area (Å²) in [5.41, 5.74) is 0. The minimum absolute atomic E-state index is 0.00186.